The first-order valence-corrected chi connectivity index (χ1v) is 40.2. The summed E-state index contributed by atoms with van der Waals surface area (Å²) in [5.41, 5.74) is -4.24. The topological polar surface area (TPSA) is 457 Å². The van der Waals surface area contributed by atoms with E-state index in [-0.39, 0.29) is 43.7 Å². The zero-order valence-corrected chi connectivity index (χ0v) is 64.9. The molecule has 0 bridgehead atoms. The van der Waals surface area contributed by atoms with Crippen LogP contribution >= 0.6 is 0 Å². The van der Waals surface area contributed by atoms with E-state index in [2.05, 4.69) is 52.9 Å². The van der Waals surface area contributed by atoms with E-state index in [4.69, 9.17) is 56.8 Å². The summed E-state index contributed by atoms with van der Waals surface area (Å²) in [6, 6.07) is 0. The van der Waals surface area contributed by atoms with Crippen molar-refractivity contribution in [3.63, 3.8) is 0 Å². The van der Waals surface area contributed by atoms with Crippen LogP contribution in [0.5, 0.6) is 0 Å². The fourth-order valence-corrected chi connectivity index (χ4v) is 21.1. The van der Waals surface area contributed by atoms with Gasteiger partial charge in [0.2, 0.25) is 6.29 Å². The van der Waals surface area contributed by atoms with Crippen molar-refractivity contribution < 1.29 is 143 Å². The van der Waals surface area contributed by atoms with E-state index in [1.54, 1.807) is 20.8 Å². The molecule has 0 aromatic rings. The van der Waals surface area contributed by atoms with Crippen LogP contribution in [0.3, 0.4) is 0 Å². The Morgan fingerprint density at radius 3 is 1.80 bits per heavy atom. The van der Waals surface area contributed by atoms with Gasteiger partial charge in [0, 0.05) is 18.4 Å². The molecule has 10 fully saturated rings. The Kier molecular flexibility index (Phi) is 27.7. The van der Waals surface area contributed by atoms with Crippen molar-refractivity contribution >= 4 is 18.2 Å². The number of allylic oxidation sites excluding steroid dienone is 2. The highest BCUT2D eigenvalue weighted by Gasteiger charge is 2.73. The van der Waals surface area contributed by atoms with Gasteiger partial charge in [-0.1, -0.05) is 132 Å². The molecule has 11 rings (SSSR count). The maximum atomic E-state index is 15.8. The lowest BCUT2D eigenvalue weighted by molar-refractivity contribution is -0.391. The van der Waals surface area contributed by atoms with E-state index >= 15 is 4.79 Å². The largest absolute Gasteiger partial charge is 0.432 e. The number of rotatable bonds is 26. The highest BCUT2D eigenvalue weighted by Crippen LogP contribution is 2.76. The van der Waals surface area contributed by atoms with E-state index in [1.807, 2.05) is 6.92 Å². The number of amides is 1. The normalized spacial score (nSPS) is 50.2. The fourth-order valence-electron chi connectivity index (χ4n) is 21.1. The number of fused-ring (bicyclic) bond motifs is 7. The van der Waals surface area contributed by atoms with E-state index in [0.717, 1.165) is 44.0 Å². The third-order valence-electron chi connectivity index (χ3n) is 28.4. The molecule has 0 aromatic carbocycles. The molecular formula is C78H129NO29. The first kappa shape index (κ1) is 86.2. The number of hydrogen-bond donors (Lipinski definition) is 15. The van der Waals surface area contributed by atoms with Crippen molar-refractivity contribution in [3.8, 4) is 0 Å². The summed E-state index contributed by atoms with van der Waals surface area (Å²) < 4.78 is 75.1. The van der Waals surface area contributed by atoms with Crippen LogP contribution in [0.25, 0.3) is 0 Å². The van der Waals surface area contributed by atoms with Crippen LogP contribution in [-0.4, -0.2) is 288 Å². The summed E-state index contributed by atoms with van der Waals surface area (Å²) in [5.74, 6) is -4.04. The highest BCUT2D eigenvalue weighted by atomic mass is 16.8. The van der Waals surface area contributed by atoms with Crippen LogP contribution < -0.4 is 5.32 Å². The molecule has 30 nitrogen and oxygen atoms in total. The molecule has 0 spiro atoms. The van der Waals surface area contributed by atoms with E-state index in [9.17, 15) is 81.1 Å². The number of carbonyl (C=O) groups is 3. The average molecular weight is 1540 g/mol. The lowest BCUT2D eigenvalue weighted by Gasteiger charge is -2.71. The summed E-state index contributed by atoms with van der Waals surface area (Å²) in [6.45, 7) is 20.1. The number of hydrogen-bond acceptors (Lipinski definition) is 29. The van der Waals surface area contributed by atoms with Crippen LogP contribution in [0, 0.1) is 62.1 Å². The van der Waals surface area contributed by atoms with Gasteiger partial charge in [-0.25, -0.2) is 0 Å². The first-order valence-electron chi connectivity index (χ1n) is 40.2. The van der Waals surface area contributed by atoms with Crippen LogP contribution in [0.2, 0.25) is 0 Å². The van der Waals surface area contributed by atoms with Crippen molar-refractivity contribution in [1.82, 2.24) is 5.32 Å². The molecule has 6 saturated heterocycles. The maximum absolute atomic E-state index is 15.8. The van der Waals surface area contributed by atoms with Crippen LogP contribution in [0.4, 0.5) is 0 Å². The number of carbonyl (C=O) groups excluding carboxylic acids is 3. The molecule has 4 saturated carbocycles. The van der Waals surface area contributed by atoms with Crippen molar-refractivity contribution in [1.29, 1.82) is 0 Å². The number of unbranched alkanes of at least 4 members (excludes halogenated alkanes) is 9. The molecule has 5 aliphatic carbocycles. The summed E-state index contributed by atoms with van der Waals surface area (Å²) in [7, 11) is 0. The van der Waals surface area contributed by atoms with Gasteiger partial charge in [0.25, 0.3) is 5.91 Å². The quantitative estimate of drug-likeness (QED) is 0.0193. The number of nitrogens with one attached hydrogen (secondary N) is 1. The van der Waals surface area contributed by atoms with Gasteiger partial charge in [-0.15, -0.1) is 0 Å². The average Bonchev–Trinajstić information content (AvgIpc) is 0.670. The summed E-state index contributed by atoms with van der Waals surface area (Å²) >= 11 is 0. The highest BCUT2D eigenvalue weighted by molar-refractivity contribution is 5.82. The molecular weight excluding hydrogens is 1410 g/mol. The van der Waals surface area contributed by atoms with Crippen LogP contribution in [0.1, 0.15) is 198 Å². The van der Waals surface area contributed by atoms with Crippen LogP contribution in [-0.2, 0) is 71.2 Å². The maximum Gasteiger partial charge on any atom is 0.317 e. The molecule has 6 aliphatic heterocycles. The minimum atomic E-state index is -2.03. The Balaban J connectivity index is 0.851. The zero-order valence-electron chi connectivity index (χ0n) is 64.9. The minimum Gasteiger partial charge on any atom is -0.432 e. The predicted molar refractivity (Wildman–Crippen MR) is 379 cm³/mol. The molecule has 38 atom stereocenters. The predicted octanol–water partition coefficient (Wildman–Crippen LogP) is 1.69. The summed E-state index contributed by atoms with van der Waals surface area (Å²) in [6.07, 6.45) is -26.5. The monoisotopic (exact) mass is 1540 g/mol. The molecule has 0 radical (unpaired) electrons. The first-order chi connectivity index (χ1) is 51.0. The molecule has 108 heavy (non-hydrogen) atoms. The number of esters is 1. The Morgan fingerprint density at radius 2 is 1.13 bits per heavy atom. The summed E-state index contributed by atoms with van der Waals surface area (Å²) in [4.78, 5) is 44.9. The molecule has 0 aromatic heterocycles. The second-order valence-electron chi connectivity index (χ2n) is 35.6. The Morgan fingerprint density at radius 1 is 0.537 bits per heavy atom. The molecule has 1 amide bonds. The number of aliphatic hydroxyl groups is 14. The van der Waals surface area contributed by atoms with Crippen LogP contribution in [0.15, 0.2) is 11.6 Å². The molecule has 15 N–H and O–H groups in total. The lowest BCUT2D eigenvalue weighted by Crippen LogP contribution is -2.70. The van der Waals surface area contributed by atoms with Gasteiger partial charge in [-0.2, -0.15) is 0 Å². The lowest BCUT2D eigenvalue weighted by atomic mass is 9.33. The van der Waals surface area contributed by atoms with Crippen molar-refractivity contribution in [2.75, 3.05) is 26.4 Å². The fraction of sp³-hybridized carbons (Fsp3) is 0.936. The zero-order chi connectivity index (χ0) is 78.7. The van der Waals surface area contributed by atoms with Gasteiger partial charge in [0.1, 0.15) is 97.2 Å². The van der Waals surface area contributed by atoms with Crippen molar-refractivity contribution in [2.45, 2.75) is 370 Å². The smallest absolute Gasteiger partial charge is 0.317 e. The number of aliphatic hydroxyl groups excluding tert-OH is 14. The Bertz CT molecular complexity index is 3030. The minimum absolute atomic E-state index is 0.0818. The SMILES string of the molecule is CCCCCCCCCCCCNC(=O)C1O[C@@H](O[C@H]2CC[C@@]3(C)C(CC[C@]4(C)C3CC=C3C5CC(C)(C)CC[C@]5(C(=O)O[C@@H]5OC(C)[C@H](O)[C@H](O)C5O[C@@H]5OC(C)[C@H](O[C@@H]6OC[C@H](O)[C@H](C)C6O)[C@H](C)C5O)[C@H](O)C[C@]34C)[C@]2(C)C=O)C(O[C@@H]2OC(CO)[C@H](O)[C@H](O)C2O)[C@@H](O[C@@H]2OC[C@H](O)[C@H](O)C2O)[C@H]1O. The van der Waals surface area contributed by atoms with Gasteiger partial charge in [-0.05, 0) is 117 Å². The molecule has 30 heteroatoms. The molecule has 6 heterocycles. The van der Waals surface area contributed by atoms with Gasteiger partial charge in [0.05, 0.1) is 61.9 Å². The molecule has 620 valence electrons. The summed E-state index contributed by atoms with van der Waals surface area (Å²) in [5, 5.41) is 161. The number of aldehydes is 1. The van der Waals surface area contributed by atoms with Gasteiger partial charge < -0.3 is 138 Å². The van der Waals surface area contributed by atoms with E-state index < -0.39 is 248 Å². The van der Waals surface area contributed by atoms with Gasteiger partial charge in [0.15, 0.2) is 43.7 Å². The van der Waals surface area contributed by atoms with Gasteiger partial charge in [-0.3, -0.25) is 9.59 Å². The van der Waals surface area contributed by atoms with Crippen molar-refractivity contribution in [2.24, 2.45) is 62.1 Å². The second-order valence-corrected chi connectivity index (χ2v) is 35.6. The Hall–Kier alpha value is -2.65. The standard InChI is InChI=1S/C78H129NO29/c1-12-13-14-15-16-17-18-19-20-21-30-79-65(95)62-59(94)61(104-67-57(92)53(88)44(83)35-98-67)64(107-69-58(93)55(90)54(89)45(33-80)101-69)71(105-62)102-49-25-26-74(8)46(75(49,9)36-81)24-27-76(10)47(74)23-22-41-42-31-73(6,7)28-29-78(42,48(84)32-77(41,76)11)72(96)108-70-63(56(91)52(87)39(4)99-70)106-68-51(86)38(3)60(40(5)100-68)103-66-50(85)37(2)43(82)34-97-66/h22,36-40,42-64,66-71,80,82-94H,12-21,23-35H2,1-11H3,(H,79,95)/t37-,38+,39?,40?,42?,43-,44-,45?,46?,47?,48+,49-,50?,51?,52-,53-,54-,55-,56-,57?,58?,59+,60+,61-,62?,63?,64?,66-,67-,68-,69-,70-,71+,74-,75-,76+,77+,78+/m0/s1. The van der Waals surface area contributed by atoms with E-state index in [1.165, 1.54) is 32.6 Å². The van der Waals surface area contributed by atoms with E-state index in [0.29, 0.717) is 44.9 Å². The Labute approximate surface area is 634 Å². The molecule has 11 aliphatic rings. The van der Waals surface area contributed by atoms with Crippen molar-refractivity contribution in [3.05, 3.63) is 11.6 Å². The second kappa shape index (κ2) is 34.7. The number of ether oxygens (including phenoxy) is 12. The molecule has 13 unspecified atom stereocenters. The van der Waals surface area contributed by atoms with Gasteiger partial charge >= 0.3 is 5.97 Å². The third-order valence-corrected chi connectivity index (χ3v) is 28.4. The third kappa shape index (κ3) is 16.2.